The van der Waals surface area contributed by atoms with Crippen LogP contribution in [0.2, 0.25) is 0 Å². The van der Waals surface area contributed by atoms with Crippen LogP contribution in [-0.4, -0.2) is 49.2 Å². The van der Waals surface area contributed by atoms with Crippen LogP contribution in [0.3, 0.4) is 0 Å². The number of carbonyl (C=O) groups is 1. The molecule has 2 saturated heterocycles. The number of nitrogens with one attached hydrogen (secondary N) is 1. The van der Waals surface area contributed by atoms with Gasteiger partial charge in [0.2, 0.25) is 5.91 Å². The Balaban J connectivity index is 1.50. The van der Waals surface area contributed by atoms with E-state index >= 15 is 0 Å². The van der Waals surface area contributed by atoms with Gasteiger partial charge in [0.15, 0.2) is 5.79 Å². The van der Waals surface area contributed by atoms with Gasteiger partial charge in [-0.25, -0.2) is 0 Å². The van der Waals surface area contributed by atoms with Crippen molar-refractivity contribution in [3.8, 4) is 0 Å². The molecule has 0 saturated carbocycles. The van der Waals surface area contributed by atoms with Gasteiger partial charge < -0.3 is 20.5 Å². The number of rotatable bonds is 6. The van der Waals surface area contributed by atoms with Crippen molar-refractivity contribution in [2.24, 2.45) is 5.73 Å². The van der Waals surface area contributed by atoms with Crippen molar-refractivity contribution in [1.82, 2.24) is 4.90 Å². The van der Waals surface area contributed by atoms with Crippen LogP contribution >= 0.6 is 0 Å². The summed E-state index contributed by atoms with van der Waals surface area (Å²) in [6.45, 7) is 7.30. The average Bonchev–Trinajstić information content (AvgIpc) is 3.03. The van der Waals surface area contributed by atoms with Crippen molar-refractivity contribution in [2.45, 2.75) is 51.0 Å². The maximum Gasteiger partial charge on any atom is 0.218 e. The first kappa shape index (κ1) is 18.2. The van der Waals surface area contributed by atoms with Gasteiger partial charge in [-0.3, -0.25) is 9.69 Å². The Hall–Kier alpha value is -1.63. The van der Waals surface area contributed by atoms with E-state index in [1.54, 1.807) is 0 Å². The minimum atomic E-state index is -0.611. The van der Waals surface area contributed by atoms with Gasteiger partial charge in [0, 0.05) is 42.8 Å². The van der Waals surface area contributed by atoms with E-state index in [0.717, 1.165) is 37.2 Å². The first-order chi connectivity index (χ1) is 12.0. The number of anilines is 1. The summed E-state index contributed by atoms with van der Waals surface area (Å²) in [7, 11) is 0. The van der Waals surface area contributed by atoms with E-state index in [0.29, 0.717) is 25.7 Å². The minimum absolute atomic E-state index is 0.225. The van der Waals surface area contributed by atoms with Crippen molar-refractivity contribution in [2.75, 3.05) is 31.6 Å². The molecule has 1 amide bonds. The van der Waals surface area contributed by atoms with E-state index in [9.17, 15) is 4.79 Å². The number of benzene rings is 1. The minimum Gasteiger partial charge on any atom is -0.382 e. The summed E-state index contributed by atoms with van der Waals surface area (Å²) >= 11 is 0. The van der Waals surface area contributed by atoms with Crippen molar-refractivity contribution >= 4 is 11.6 Å². The molecule has 3 N–H and O–H groups in total. The Morgan fingerprint density at radius 3 is 2.44 bits per heavy atom. The molecule has 0 radical (unpaired) electrons. The molecule has 2 aliphatic heterocycles. The molecular weight excluding hydrogens is 318 g/mol. The number of hydrogen-bond donors (Lipinski definition) is 2. The lowest BCUT2D eigenvalue weighted by molar-refractivity contribution is -0.149. The maximum atomic E-state index is 11.1. The Morgan fingerprint density at radius 1 is 1.28 bits per heavy atom. The molecule has 3 rings (SSSR count). The standard InChI is InChI=1S/C19H29N3O3/c1-14(13-18(20)23)22-9-7-17(8-10-22)21-16-5-3-15(4-6-16)19(2)24-11-12-25-19/h3-6,14,17,21H,7-13H2,1-2H3,(H2,20,23)/t14-/m1/s1. The first-order valence-electron chi connectivity index (χ1n) is 9.13. The van der Waals surface area contributed by atoms with E-state index in [-0.39, 0.29) is 11.9 Å². The molecule has 6 heteroatoms. The van der Waals surface area contributed by atoms with Gasteiger partial charge in [-0.15, -0.1) is 0 Å². The topological polar surface area (TPSA) is 76.8 Å². The zero-order valence-electron chi connectivity index (χ0n) is 15.2. The fourth-order valence-corrected chi connectivity index (χ4v) is 3.69. The van der Waals surface area contributed by atoms with Crippen LogP contribution in [-0.2, 0) is 20.1 Å². The van der Waals surface area contributed by atoms with Crippen LogP contribution in [0.5, 0.6) is 0 Å². The molecule has 2 fully saturated rings. The molecule has 1 aromatic rings. The predicted octanol–water partition coefficient (Wildman–Crippen LogP) is 2.05. The van der Waals surface area contributed by atoms with E-state index in [1.807, 2.05) is 6.92 Å². The summed E-state index contributed by atoms with van der Waals surface area (Å²) < 4.78 is 11.4. The molecule has 0 unspecified atom stereocenters. The fraction of sp³-hybridized carbons (Fsp3) is 0.632. The van der Waals surface area contributed by atoms with Gasteiger partial charge in [0.1, 0.15) is 0 Å². The number of ether oxygens (including phenoxy) is 2. The van der Waals surface area contributed by atoms with Crippen LogP contribution in [0, 0.1) is 0 Å². The van der Waals surface area contributed by atoms with Crippen molar-refractivity contribution in [3.05, 3.63) is 29.8 Å². The second-order valence-corrected chi connectivity index (χ2v) is 7.19. The second kappa shape index (κ2) is 7.72. The van der Waals surface area contributed by atoms with E-state index in [2.05, 4.69) is 41.4 Å². The lowest BCUT2D eigenvalue weighted by atomic mass is 10.0. The summed E-state index contributed by atoms with van der Waals surface area (Å²) in [5.41, 5.74) is 7.47. The smallest absolute Gasteiger partial charge is 0.218 e. The van der Waals surface area contributed by atoms with Gasteiger partial charge in [-0.1, -0.05) is 12.1 Å². The molecule has 6 nitrogen and oxygen atoms in total. The number of primary amides is 1. The van der Waals surface area contributed by atoms with Crippen LogP contribution in [0.25, 0.3) is 0 Å². The molecule has 0 bridgehead atoms. The lowest BCUT2D eigenvalue weighted by Crippen LogP contribution is -2.44. The first-order valence-corrected chi connectivity index (χ1v) is 9.13. The molecule has 2 heterocycles. The van der Waals surface area contributed by atoms with Crippen LogP contribution in [0.4, 0.5) is 5.69 Å². The number of nitrogens with zero attached hydrogens (tertiary/aromatic N) is 1. The summed E-state index contributed by atoms with van der Waals surface area (Å²) in [6.07, 6.45) is 2.56. The lowest BCUT2D eigenvalue weighted by Gasteiger charge is -2.36. The average molecular weight is 347 g/mol. The normalized spacial score (nSPS) is 22.6. The monoisotopic (exact) mass is 347 g/mol. The highest BCUT2D eigenvalue weighted by Crippen LogP contribution is 2.31. The third kappa shape index (κ3) is 4.51. The third-order valence-electron chi connectivity index (χ3n) is 5.27. The van der Waals surface area contributed by atoms with E-state index < -0.39 is 5.79 Å². The Bertz CT molecular complexity index is 576. The van der Waals surface area contributed by atoms with Gasteiger partial charge in [0.05, 0.1) is 13.2 Å². The Kier molecular flexibility index (Phi) is 5.61. The summed E-state index contributed by atoms with van der Waals surface area (Å²) in [5.74, 6) is -0.836. The summed E-state index contributed by atoms with van der Waals surface area (Å²) in [4.78, 5) is 13.4. The summed E-state index contributed by atoms with van der Waals surface area (Å²) in [5, 5.41) is 3.61. The SMILES string of the molecule is C[C@H](CC(N)=O)N1CCC(Nc2ccc(C3(C)OCCO3)cc2)CC1. The van der Waals surface area contributed by atoms with E-state index in [4.69, 9.17) is 15.2 Å². The zero-order valence-corrected chi connectivity index (χ0v) is 15.2. The second-order valence-electron chi connectivity index (χ2n) is 7.19. The molecule has 1 atom stereocenters. The van der Waals surface area contributed by atoms with Gasteiger partial charge in [0.25, 0.3) is 0 Å². The maximum absolute atomic E-state index is 11.1. The van der Waals surface area contributed by atoms with Gasteiger partial charge in [-0.05, 0) is 38.8 Å². The molecule has 1 aromatic carbocycles. The third-order valence-corrected chi connectivity index (χ3v) is 5.27. The molecule has 0 aromatic heterocycles. The van der Waals surface area contributed by atoms with Crippen LogP contribution < -0.4 is 11.1 Å². The molecule has 138 valence electrons. The van der Waals surface area contributed by atoms with Crippen molar-refractivity contribution < 1.29 is 14.3 Å². The highest BCUT2D eigenvalue weighted by Gasteiger charge is 2.33. The van der Waals surface area contributed by atoms with Gasteiger partial charge >= 0.3 is 0 Å². The molecule has 2 aliphatic rings. The summed E-state index contributed by atoms with van der Waals surface area (Å²) in [6, 6.07) is 9.00. The van der Waals surface area contributed by atoms with Crippen LogP contribution in [0.15, 0.2) is 24.3 Å². The molecular formula is C19H29N3O3. The zero-order chi connectivity index (χ0) is 17.9. The molecule has 25 heavy (non-hydrogen) atoms. The Labute approximate surface area is 149 Å². The van der Waals surface area contributed by atoms with E-state index in [1.165, 1.54) is 0 Å². The number of likely N-dealkylation sites (tertiary alicyclic amines) is 1. The quantitative estimate of drug-likeness (QED) is 0.824. The largest absolute Gasteiger partial charge is 0.382 e. The number of piperidine rings is 1. The molecule has 0 aliphatic carbocycles. The predicted molar refractivity (Wildman–Crippen MR) is 97.2 cm³/mol. The van der Waals surface area contributed by atoms with Crippen molar-refractivity contribution in [1.29, 1.82) is 0 Å². The fourth-order valence-electron chi connectivity index (χ4n) is 3.69. The highest BCUT2D eigenvalue weighted by atomic mass is 16.7. The Morgan fingerprint density at radius 2 is 1.88 bits per heavy atom. The number of nitrogens with two attached hydrogens (primary N) is 1. The highest BCUT2D eigenvalue weighted by molar-refractivity contribution is 5.74. The number of carbonyl (C=O) groups excluding carboxylic acids is 1. The van der Waals surface area contributed by atoms with Crippen LogP contribution in [0.1, 0.15) is 38.7 Å². The van der Waals surface area contributed by atoms with Gasteiger partial charge in [-0.2, -0.15) is 0 Å². The number of amides is 1. The van der Waals surface area contributed by atoms with Crippen molar-refractivity contribution in [3.63, 3.8) is 0 Å². The molecule has 0 spiro atoms. The number of hydrogen-bond acceptors (Lipinski definition) is 5.